The summed E-state index contributed by atoms with van der Waals surface area (Å²) in [6, 6.07) is 4.03. The van der Waals surface area contributed by atoms with Crippen molar-refractivity contribution >= 4 is 29.0 Å². The number of carbonyl (C=O) groups excluding carboxylic acids is 1. The summed E-state index contributed by atoms with van der Waals surface area (Å²) in [4.78, 5) is 13.4. The highest BCUT2D eigenvalue weighted by Gasteiger charge is 2.19. The number of aromatic nitrogens is 3. The molecule has 7 heteroatoms. The molecule has 0 saturated heterocycles. The van der Waals surface area contributed by atoms with Crippen molar-refractivity contribution in [2.45, 2.75) is 49.4 Å². The summed E-state index contributed by atoms with van der Waals surface area (Å²) in [5, 5.41) is 14.1. The summed E-state index contributed by atoms with van der Waals surface area (Å²) in [7, 11) is 1.94. The SMILES string of the molecule is CC(Sc1nnc(-c2cccs2)n1C)C(=O)NCCC1=CCCCC1. The zero-order valence-electron chi connectivity index (χ0n) is 14.7. The predicted molar refractivity (Wildman–Crippen MR) is 104 cm³/mol. The Kier molecular flexibility index (Phi) is 6.31. The molecule has 0 aromatic carbocycles. The van der Waals surface area contributed by atoms with E-state index in [1.54, 1.807) is 11.3 Å². The Balaban J connectivity index is 1.50. The van der Waals surface area contributed by atoms with Crippen LogP contribution in [0.15, 0.2) is 34.3 Å². The summed E-state index contributed by atoms with van der Waals surface area (Å²) < 4.78 is 1.95. The zero-order valence-corrected chi connectivity index (χ0v) is 16.3. The number of nitrogens with zero attached hydrogens (tertiary/aromatic N) is 3. The third kappa shape index (κ3) is 4.73. The molecule has 0 bridgehead atoms. The molecule has 0 saturated carbocycles. The summed E-state index contributed by atoms with van der Waals surface area (Å²) in [5.41, 5.74) is 1.49. The lowest BCUT2D eigenvalue weighted by molar-refractivity contribution is -0.120. The first kappa shape index (κ1) is 18.2. The van der Waals surface area contributed by atoms with Gasteiger partial charge in [0.2, 0.25) is 5.91 Å². The number of hydrogen-bond donors (Lipinski definition) is 1. The topological polar surface area (TPSA) is 59.8 Å². The van der Waals surface area contributed by atoms with Gasteiger partial charge in [-0.1, -0.05) is 29.5 Å². The van der Waals surface area contributed by atoms with Crippen LogP contribution in [0.25, 0.3) is 10.7 Å². The second-order valence-corrected chi connectivity index (χ2v) is 8.51. The van der Waals surface area contributed by atoms with Gasteiger partial charge in [0.15, 0.2) is 11.0 Å². The van der Waals surface area contributed by atoms with Gasteiger partial charge in [-0.05, 0) is 50.5 Å². The molecule has 0 spiro atoms. The highest BCUT2D eigenvalue weighted by atomic mass is 32.2. The van der Waals surface area contributed by atoms with Crippen LogP contribution in [0.5, 0.6) is 0 Å². The number of thiophene rings is 1. The van der Waals surface area contributed by atoms with E-state index in [0.29, 0.717) is 0 Å². The van der Waals surface area contributed by atoms with E-state index in [1.807, 2.05) is 36.1 Å². The number of nitrogens with one attached hydrogen (secondary N) is 1. The Hall–Kier alpha value is -1.60. The molecule has 2 aromatic heterocycles. The second kappa shape index (κ2) is 8.67. The number of allylic oxidation sites excluding steroid dienone is 1. The molecular formula is C18H24N4OS2. The third-order valence-electron chi connectivity index (χ3n) is 4.36. The average molecular weight is 377 g/mol. The van der Waals surface area contributed by atoms with Crippen LogP contribution in [0.1, 0.15) is 39.0 Å². The first-order chi connectivity index (χ1) is 12.1. The highest BCUT2D eigenvalue weighted by molar-refractivity contribution is 8.00. The van der Waals surface area contributed by atoms with Crippen LogP contribution >= 0.6 is 23.1 Å². The first-order valence-corrected chi connectivity index (χ1v) is 10.5. The van der Waals surface area contributed by atoms with Crippen LogP contribution in [0.2, 0.25) is 0 Å². The van der Waals surface area contributed by atoms with Crippen LogP contribution in [0, 0.1) is 0 Å². The van der Waals surface area contributed by atoms with Crippen molar-refractivity contribution in [3.8, 4) is 10.7 Å². The summed E-state index contributed by atoms with van der Waals surface area (Å²) in [5.74, 6) is 0.899. The summed E-state index contributed by atoms with van der Waals surface area (Å²) >= 11 is 3.09. The smallest absolute Gasteiger partial charge is 0.233 e. The second-order valence-electron chi connectivity index (χ2n) is 6.25. The van der Waals surface area contributed by atoms with Crippen molar-refractivity contribution in [3.63, 3.8) is 0 Å². The quantitative estimate of drug-likeness (QED) is 0.585. The molecule has 1 aliphatic rings. The predicted octanol–water partition coefficient (Wildman–Crippen LogP) is 4.03. The maximum absolute atomic E-state index is 12.3. The largest absolute Gasteiger partial charge is 0.355 e. The van der Waals surface area contributed by atoms with E-state index in [2.05, 4.69) is 21.6 Å². The number of thioether (sulfide) groups is 1. The van der Waals surface area contributed by atoms with Crippen molar-refractivity contribution in [2.75, 3.05) is 6.54 Å². The van der Waals surface area contributed by atoms with Gasteiger partial charge in [-0.3, -0.25) is 4.79 Å². The molecule has 1 aliphatic carbocycles. The Bertz CT molecular complexity index is 736. The van der Waals surface area contributed by atoms with Crippen molar-refractivity contribution in [1.82, 2.24) is 20.1 Å². The molecule has 0 aliphatic heterocycles. The van der Waals surface area contributed by atoms with E-state index in [0.717, 1.165) is 28.8 Å². The van der Waals surface area contributed by atoms with E-state index in [1.165, 1.54) is 43.0 Å². The molecule has 134 valence electrons. The average Bonchev–Trinajstić information content (AvgIpc) is 3.26. The van der Waals surface area contributed by atoms with Gasteiger partial charge in [-0.15, -0.1) is 21.5 Å². The monoisotopic (exact) mass is 376 g/mol. The third-order valence-corrected chi connectivity index (χ3v) is 6.36. The van der Waals surface area contributed by atoms with E-state index in [-0.39, 0.29) is 11.2 Å². The van der Waals surface area contributed by atoms with Crippen molar-refractivity contribution in [3.05, 3.63) is 29.2 Å². The van der Waals surface area contributed by atoms with Crippen molar-refractivity contribution < 1.29 is 4.79 Å². The molecule has 3 rings (SSSR count). The van der Waals surface area contributed by atoms with E-state index >= 15 is 0 Å². The van der Waals surface area contributed by atoms with Crippen LogP contribution in [-0.2, 0) is 11.8 Å². The Labute approximate surface area is 156 Å². The molecule has 25 heavy (non-hydrogen) atoms. The fraction of sp³-hybridized carbons (Fsp3) is 0.500. The number of amides is 1. The zero-order chi connectivity index (χ0) is 17.6. The normalized spacial score (nSPS) is 15.7. The van der Waals surface area contributed by atoms with Gasteiger partial charge in [0.1, 0.15) is 0 Å². The fourth-order valence-corrected chi connectivity index (χ4v) is 4.45. The maximum atomic E-state index is 12.3. The minimum atomic E-state index is -0.195. The Morgan fingerprint density at radius 3 is 3.04 bits per heavy atom. The van der Waals surface area contributed by atoms with Crippen LogP contribution in [-0.4, -0.2) is 32.5 Å². The number of hydrogen-bond acceptors (Lipinski definition) is 5. The van der Waals surface area contributed by atoms with Crippen LogP contribution in [0.3, 0.4) is 0 Å². The van der Waals surface area contributed by atoms with Gasteiger partial charge >= 0.3 is 0 Å². The Morgan fingerprint density at radius 1 is 1.44 bits per heavy atom. The maximum Gasteiger partial charge on any atom is 0.233 e. The standard InChI is InChI=1S/C18H24N4OS2/c1-13(17(23)19-11-10-14-7-4-3-5-8-14)25-18-21-20-16(22(18)2)15-9-6-12-24-15/h6-7,9,12-13H,3-5,8,10-11H2,1-2H3,(H,19,23). The molecule has 0 radical (unpaired) electrons. The van der Waals surface area contributed by atoms with Gasteiger partial charge in [-0.25, -0.2) is 0 Å². The molecule has 5 nitrogen and oxygen atoms in total. The fourth-order valence-electron chi connectivity index (χ4n) is 2.87. The van der Waals surface area contributed by atoms with E-state index in [9.17, 15) is 4.79 Å². The molecule has 2 heterocycles. The molecule has 1 N–H and O–H groups in total. The highest BCUT2D eigenvalue weighted by Crippen LogP contribution is 2.28. The number of rotatable bonds is 7. The van der Waals surface area contributed by atoms with Gasteiger partial charge in [0.25, 0.3) is 0 Å². The van der Waals surface area contributed by atoms with Crippen molar-refractivity contribution in [1.29, 1.82) is 0 Å². The molecule has 2 aromatic rings. The van der Waals surface area contributed by atoms with Crippen LogP contribution in [0.4, 0.5) is 0 Å². The Morgan fingerprint density at radius 2 is 2.32 bits per heavy atom. The number of carbonyl (C=O) groups is 1. The molecule has 1 unspecified atom stereocenters. The summed E-state index contributed by atoms with van der Waals surface area (Å²) in [6.45, 7) is 2.63. The minimum absolute atomic E-state index is 0.0575. The van der Waals surface area contributed by atoms with Crippen molar-refractivity contribution in [2.24, 2.45) is 7.05 Å². The lowest BCUT2D eigenvalue weighted by atomic mass is 9.97. The molecule has 1 amide bonds. The summed E-state index contributed by atoms with van der Waals surface area (Å²) in [6.07, 6.45) is 8.26. The van der Waals surface area contributed by atoms with E-state index in [4.69, 9.17) is 0 Å². The van der Waals surface area contributed by atoms with Crippen LogP contribution < -0.4 is 5.32 Å². The lowest BCUT2D eigenvalue weighted by Gasteiger charge is -2.14. The van der Waals surface area contributed by atoms with Gasteiger partial charge in [0.05, 0.1) is 10.1 Å². The first-order valence-electron chi connectivity index (χ1n) is 8.70. The van der Waals surface area contributed by atoms with Gasteiger partial charge in [0, 0.05) is 13.6 Å². The molecule has 0 fully saturated rings. The van der Waals surface area contributed by atoms with Gasteiger partial charge < -0.3 is 9.88 Å². The molecule has 1 atom stereocenters. The minimum Gasteiger partial charge on any atom is -0.355 e. The molecular weight excluding hydrogens is 352 g/mol. The van der Waals surface area contributed by atoms with E-state index < -0.39 is 0 Å². The lowest BCUT2D eigenvalue weighted by Crippen LogP contribution is -2.32. The van der Waals surface area contributed by atoms with Gasteiger partial charge in [-0.2, -0.15) is 0 Å².